The Labute approximate surface area is 101 Å². The maximum absolute atomic E-state index is 9.18. The normalized spacial score (nSPS) is 24.5. The Morgan fingerprint density at radius 3 is 2.75 bits per heavy atom. The van der Waals surface area contributed by atoms with Crippen LogP contribution in [0.25, 0.3) is 0 Å². The van der Waals surface area contributed by atoms with E-state index in [0.717, 1.165) is 42.2 Å². The van der Waals surface area contributed by atoms with Gasteiger partial charge in [0.05, 0.1) is 22.5 Å². The van der Waals surface area contributed by atoms with Gasteiger partial charge in [-0.05, 0) is 19.3 Å². The molecule has 0 radical (unpaired) electrons. The topological polar surface area (TPSA) is 50.1 Å². The highest BCUT2D eigenvalue weighted by Crippen LogP contribution is 2.23. The summed E-state index contributed by atoms with van der Waals surface area (Å²) < 4.78 is 1.84. The van der Waals surface area contributed by atoms with E-state index in [1.165, 1.54) is 0 Å². The zero-order chi connectivity index (χ0) is 11.7. The number of aryl methyl sites for hydroxylation is 2. The average molecular weight is 244 g/mol. The summed E-state index contributed by atoms with van der Waals surface area (Å²) in [6, 6.07) is 0.422. The fraction of sp³-hybridized carbons (Fsp3) is 0.727. The van der Waals surface area contributed by atoms with Crippen LogP contribution in [0.5, 0.6) is 0 Å². The molecule has 0 unspecified atom stereocenters. The van der Waals surface area contributed by atoms with E-state index in [0.29, 0.717) is 6.04 Å². The van der Waals surface area contributed by atoms with Gasteiger partial charge < -0.3 is 10.4 Å². The average Bonchev–Trinajstić information content (AvgIpc) is 2.48. The molecule has 1 aromatic heterocycles. The first-order valence-corrected chi connectivity index (χ1v) is 6.11. The standard InChI is InChI=1S/C11H18ClN3O/c1-3-9-11(12)10(15(2)14-9)6-13-7-4-8(16)5-7/h7-8,13,16H,3-6H2,1-2H3. The summed E-state index contributed by atoms with van der Waals surface area (Å²) in [6.07, 6.45) is 2.42. The first-order chi connectivity index (χ1) is 7.61. The van der Waals surface area contributed by atoms with E-state index in [1.807, 2.05) is 18.7 Å². The van der Waals surface area contributed by atoms with E-state index >= 15 is 0 Å². The molecule has 1 aliphatic carbocycles. The monoisotopic (exact) mass is 243 g/mol. The molecule has 1 heterocycles. The van der Waals surface area contributed by atoms with Crippen LogP contribution in [0.15, 0.2) is 0 Å². The number of nitrogens with one attached hydrogen (secondary N) is 1. The fourth-order valence-corrected chi connectivity index (χ4v) is 2.37. The molecule has 90 valence electrons. The predicted octanol–water partition coefficient (Wildman–Crippen LogP) is 1.25. The quantitative estimate of drug-likeness (QED) is 0.837. The van der Waals surface area contributed by atoms with Crippen LogP contribution < -0.4 is 5.32 Å². The molecule has 1 saturated carbocycles. The van der Waals surface area contributed by atoms with Gasteiger partial charge in [0.15, 0.2) is 0 Å². The lowest BCUT2D eigenvalue weighted by molar-refractivity contribution is 0.0617. The van der Waals surface area contributed by atoms with Crippen molar-refractivity contribution in [2.24, 2.45) is 7.05 Å². The molecule has 0 bridgehead atoms. The van der Waals surface area contributed by atoms with Crippen molar-refractivity contribution in [1.82, 2.24) is 15.1 Å². The van der Waals surface area contributed by atoms with Crippen LogP contribution in [0, 0.1) is 0 Å². The van der Waals surface area contributed by atoms with Gasteiger partial charge in [-0.3, -0.25) is 4.68 Å². The molecule has 2 rings (SSSR count). The number of aromatic nitrogens is 2. The van der Waals surface area contributed by atoms with Crippen molar-refractivity contribution in [2.45, 2.75) is 44.9 Å². The number of aliphatic hydroxyl groups excluding tert-OH is 1. The maximum Gasteiger partial charge on any atom is 0.0863 e. The second-order valence-electron chi connectivity index (χ2n) is 4.39. The maximum atomic E-state index is 9.18. The van der Waals surface area contributed by atoms with Crippen LogP contribution in [0.1, 0.15) is 31.2 Å². The lowest BCUT2D eigenvalue weighted by atomic mass is 9.89. The van der Waals surface area contributed by atoms with Gasteiger partial charge in [-0.2, -0.15) is 5.10 Å². The molecule has 1 aromatic rings. The Morgan fingerprint density at radius 1 is 1.56 bits per heavy atom. The van der Waals surface area contributed by atoms with E-state index < -0.39 is 0 Å². The highest BCUT2D eigenvalue weighted by molar-refractivity contribution is 6.31. The molecule has 0 spiro atoms. The molecule has 1 aliphatic rings. The molecular weight excluding hydrogens is 226 g/mol. The number of hydrogen-bond donors (Lipinski definition) is 2. The number of halogens is 1. The van der Waals surface area contributed by atoms with E-state index in [9.17, 15) is 5.11 Å². The molecule has 0 saturated heterocycles. The SMILES string of the molecule is CCc1nn(C)c(CNC2CC(O)C2)c1Cl. The highest BCUT2D eigenvalue weighted by Gasteiger charge is 2.27. The zero-order valence-corrected chi connectivity index (χ0v) is 10.5. The van der Waals surface area contributed by atoms with Crippen molar-refractivity contribution in [3.05, 3.63) is 16.4 Å². The van der Waals surface area contributed by atoms with Gasteiger partial charge in [-0.15, -0.1) is 0 Å². The Hall–Kier alpha value is -0.580. The molecule has 0 aromatic carbocycles. The fourth-order valence-electron chi connectivity index (χ4n) is 2.01. The summed E-state index contributed by atoms with van der Waals surface area (Å²) in [5.74, 6) is 0. The van der Waals surface area contributed by atoms with E-state index in [-0.39, 0.29) is 6.10 Å². The minimum Gasteiger partial charge on any atom is -0.393 e. The Balaban J connectivity index is 1.96. The largest absolute Gasteiger partial charge is 0.393 e. The molecule has 16 heavy (non-hydrogen) atoms. The molecule has 4 nitrogen and oxygen atoms in total. The molecule has 5 heteroatoms. The molecule has 1 fully saturated rings. The summed E-state index contributed by atoms with van der Waals surface area (Å²) in [5, 5.41) is 17.7. The number of nitrogens with zero attached hydrogens (tertiary/aromatic N) is 2. The summed E-state index contributed by atoms with van der Waals surface area (Å²) >= 11 is 6.23. The summed E-state index contributed by atoms with van der Waals surface area (Å²) in [4.78, 5) is 0. The van der Waals surface area contributed by atoms with E-state index in [2.05, 4.69) is 10.4 Å². The first-order valence-electron chi connectivity index (χ1n) is 5.73. The van der Waals surface area contributed by atoms with Crippen LogP contribution in [0.4, 0.5) is 0 Å². The summed E-state index contributed by atoms with van der Waals surface area (Å²) in [5.41, 5.74) is 1.98. The summed E-state index contributed by atoms with van der Waals surface area (Å²) in [6.45, 7) is 2.77. The molecule has 2 N–H and O–H groups in total. The van der Waals surface area contributed by atoms with Gasteiger partial charge in [0.25, 0.3) is 0 Å². The van der Waals surface area contributed by atoms with Crippen molar-refractivity contribution in [3.8, 4) is 0 Å². The van der Waals surface area contributed by atoms with Gasteiger partial charge in [0.1, 0.15) is 0 Å². The van der Waals surface area contributed by atoms with Gasteiger partial charge in [-0.1, -0.05) is 18.5 Å². The van der Waals surface area contributed by atoms with Crippen molar-refractivity contribution in [3.63, 3.8) is 0 Å². The highest BCUT2D eigenvalue weighted by atomic mass is 35.5. The van der Waals surface area contributed by atoms with E-state index in [1.54, 1.807) is 0 Å². The van der Waals surface area contributed by atoms with Crippen LogP contribution in [0.3, 0.4) is 0 Å². The van der Waals surface area contributed by atoms with Crippen molar-refractivity contribution < 1.29 is 5.11 Å². The van der Waals surface area contributed by atoms with Crippen molar-refractivity contribution in [2.75, 3.05) is 0 Å². The number of aliphatic hydroxyl groups is 1. The Kier molecular flexibility index (Phi) is 3.52. The lowest BCUT2D eigenvalue weighted by Crippen LogP contribution is -2.43. The van der Waals surface area contributed by atoms with Crippen molar-refractivity contribution >= 4 is 11.6 Å². The second-order valence-corrected chi connectivity index (χ2v) is 4.77. The minimum atomic E-state index is -0.120. The van der Waals surface area contributed by atoms with Gasteiger partial charge in [0, 0.05) is 19.6 Å². The van der Waals surface area contributed by atoms with Gasteiger partial charge in [-0.25, -0.2) is 0 Å². The predicted molar refractivity (Wildman–Crippen MR) is 63.5 cm³/mol. The Morgan fingerprint density at radius 2 is 2.25 bits per heavy atom. The third kappa shape index (κ3) is 2.24. The second kappa shape index (κ2) is 4.73. The van der Waals surface area contributed by atoms with E-state index in [4.69, 9.17) is 11.6 Å². The first kappa shape index (κ1) is 11.9. The number of hydrogen-bond acceptors (Lipinski definition) is 3. The third-order valence-corrected chi connectivity index (χ3v) is 3.61. The zero-order valence-electron chi connectivity index (χ0n) is 9.70. The molecular formula is C11H18ClN3O. The summed E-state index contributed by atoms with van der Waals surface area (Å²) in [7, 11) is 1.91. The van der Waals surface area contributed by atoms with Gasteiger partial charge in [0.2, 0.25) is 0 Å². The van der Waals surface area contributed by atoms with Crippen molar-refractivity contribution in [1.29, 1.82) is 0 Å². The Bertz CT molecular complexity index is 372. The molecule has 0 atom stereocenters. The lowest BCUT2D eigenvalue weighted by Gasteiger charge is -2.32. The smallest absolute Gasteiger partial charge is 0.0863 e. The van der Waals surface area contributed by atoms with Crippen LogP contribution in [-0.4, -0.2) is 27.0 Å². The minimum absolute atomic E-state index is 0.120. The van der Waals surface area contributed by atoms with Crippen LogP contribution >= 0.6 is 11.6 Å². The molecule has 0 aliphatic heterocycles. The molecule has 0 amide bonds. The van der Waals surface area contributed by atoms with Crippen LogP contribution in [-0.2, 0) is 20.0 Å². The third-order valence-electron chi connectivity index (χ3n) is 3.17. The number of rotatable bonds is 4. The van der Waals surface area contributed by atoms with Crippen LogP contribution in [0.2, 0.25) is 5.02 Å². The van der Waals surface area contributed by atoms with Gasteiger partial charge >= 0.3 is 0 Å².